The molecule has 8 heteroatoms. The fourth-order valence-electron chi connectivity index (χ4n) is 2.85. The van der Waals surface area contributed by atoms with Crippen molar-refractivity contribution >= 4 is 11.9 Å². The Bertz CT molecular complexity index is 951. The summed E-state index contributed by atoms with van der Waals surface area (Å²) >= 11 is 3.64. The molecule has 1 aliphatic rings. The van der Waals surface area contributed by atoms with Gasteiger partial charge >= 0.3 is 0 Å². The van der Waals surface area contributed by atoms with E-state index < -0.39 is 0 Å². The summed E-state index contributed by atoms with van der Waals surface area (Å²) in [5, 5.41) is 0. The lowest BCUT2D eigenvalue weighted by atomic mass is 9.96. The molecule has 2 aromatic heterocycles. The number of hydrogen-bond acceptors (Lipinski definition) is 5. The van der Waals surface area contributed by atoms with E-state index in [0.29, 0.717) is 0 Å². The van der Waals surface area contributed by atoms with Gasteiger partial charge in [-0.05, 0) is 37.3 Å². The zero-order valence-corrected chi connectivity index (χ0v) is 17.0. The average molecular weight is 406 g/mol. The molecule has 150 valence electrons. The molecule has 0 atom stereocenters. The first-order chi connectivity index (χ1) is 12.9. The fraction of sp³-hybridized carbons (Fsp3) is 0.300. The first-order valence-electron chi connectivity index (χ1n) is 8.53. The quantitative estimate of drug-likeness (QED) is 0.673. The number of imidazole rings is 1. The third kappa shape index (κ3) is 4.27. The second-order valence-electron chi connectivity index (χ2n) is 7.29. The zero-order chi connectivity index (χ0) is 19.6. The van der Waals surface area contributed by atoms with Gasteiger partial charge in [-0.25, -0.2) is 4.98 Å². The van der Waals surface area contributed by atoms with Crippen LogP contribution < -0.4 is 9.47 Å². The van der Waals surface area contributed by atoms with Gasteiger partial charge in [-0.1, -0.05) is 26.8 Å². The predicted octanol–water partition coefficient (Wildman–Crippen LogP) is 3.78. The first-order valence-corrected chi connectivity index (χ1v) is 8.87. The van der Waals surface area contributed by atoms with Crippen molar-refractivity contribution in [2.24, 2.45) is 0 Å². The number of pyridine rings is 1. The third-order valence-electron chi connectivity index (χ3n) is 4.20. The maximum atomic E-state index is 6.47. The minimum atomic E-state index is -0.0901. The van der Waals surface area contributed by atoms with E-state index in [2.05, 4.69) is 42.6 Å². The topological polar surface area (TPSA) is 112 Å². The Hall–Kier alpha value is -2.61. The lowest BCUT2D eigenvalue weighted by Crippen LogP contribution is -2.13. The minimum absolute atomic E-state index is 0. The van der Waals surface area contributed by atoms with Crippen LogP contribution in [0.15, 0.2) is 36.4 Å². The molecule has 3 aromatic rings. The number of hydrogen-bond donors (Lipinski definition) is 2. The smallest absolute Gasteiger partial charge is 0.231 e. The Morgan fingerprint density at radius 1 is 1.04 bits per heavy atom. The highest BCUT2D eigenvalue weighted by Crippen LogP contribution is 2.39. The molecule has 0 amide bonds. The van der Waals surface area contributed by atoms with Crippen LogP contribution in [0, 0.1) is 6.92 Å². The van der Waals surface area contributed by atoms with Crippen LogP contribution in [0.2, 0.25) is 0 Å². The second-order valence-corrected chi connectivity index (χ2v) is 7.29. The van der Waals surface area contributed by atoms with Gasteiger partial charge in [0.2, 0.25) is 6.79 Å². The molecule has 0 radical (unpaired) electrons. The van der Waals surface area contributed by atoms with Crippen LogP contribution in [0.1, 0.15) is 32.3 Å². The Kier molecular flexibility index (Phi) is 6.66. The molecule has 3 heterocycles. The number of aromatic nitrogens is 3. The van der Waals surface area contributed by atoms with Crippen LogP contribution in [0.5, 0.6) is 11.5 Å². The lowest BCUT2D eigenvalue weighted by molar-refractivity contribution is 0.174. The van der Waals surface area contributed by atoms with E-state index in [1.54, 1.807) is 0 Å². The van der Waals surface area contributed by atoms with E-state index in [1.807, 2.05) is 43.3 Å². The predicted molar refractivity (Wildman–Crippen MR) is 109 cm³/mol. The molecule has 4 N–H and O–H groups in total. The molecule has 28 heavy (non-hydrogen) atoms. The van der Waals surface area contributed by atoms with Gasteiger partial charge in [0.15, 0.2) is 11.5 Å². The van der Waals surface area contributed by atoms with Crippen LogP contribution >= 0.6 is 11.9 Å². The van der Waals surface area contributed by atoms with Crippen LogP contribution in [0.4, 0.5) is 0 Å². The number of H-pyrrole nitrogens is 1. The first kappa shape index (κ1) is 21.7. The number of nitrogens with one attached hydrogen (secondary N) is 1. The SMILES string of the molecule is Cc1cccc(-c2[nH]c(C(C)(C)C)nc2-c2ccc3c(c2)OCO3)n1.O.OCl. The highest BCUT2D eigenvalue weighted by atomic mass is 35.5. The molecule has 0 unspecified atom stereocenters. The highest BCUT2D eigenvalue weighted by Gasteiger charge is 2.24. The molecule has 0 aliphatic carbocycles. The Morgan fingerprint density at radius 3 is 2.43 bits per heavy atom. The van der Waals surface area contributed by atoms with Gasteiger partial charge in [0, 0.05) is 16.7 Å². The van der Waals surface area contributed by atoms with E-state index in [9.17, 15) is 0 Å². The van der Waals surface area contributed by atoms with Crippen molar-refractivity contribution in [2.75, 3.05) is 6.79 Å². The summed E-state index contributed by atoms with van der Waals surface area (Å²) in [6.07, 6.45) is 0. The van der Waals surface area contributed by atoms with E-state index in [4.69, 9.17) is 19.1 Å². The molecule has 0 spiro atoms. The summed E-state index contributed by atoms with van der Waals surface area (Å²) in [7, 11) is 0. The molecule has 1 aromatic carbocycles. The van der Waals surface area contributed by atoms with Crippen molar-refractivity contribution in [2.45, 2.75) is 33.1 Å². The van der Waals surface area contributed by atoms with Crippen molar-refractivity contribution in [3.05, 3.63) is 47.9 Å². The number of halogens is 1. The molecule has 7 nitrogen and oxygen atoms in total. The number of aromatic amines is 1. The van der Waals surface area contributed by atoms with Crippen molar-refractivity contribution < 1.29 is 19.6 Å². The normalized spacial score (nSPS) is 12.1. The van der Waals surface area contributed by atoms with Crippen LogP contribution in [-0.2, 0) is 5.41 Å². The van der Waals surface area contributed by atoms with E-state index in [1.165, 1.54) is 0 Å². The average Bonchev–Trinajstić information content (AvgIpc) is 3.29. The minimum Gasteiger partial charge on any atom is -0.454 e. The molecule has 4 rings (SSSR count). The standard InChI is InChI=1S/C20H21N3O2.ClHO.H2O/c1-12-6-5-7-14(21-12)18-17(22-19(23-18)20(2,3)4)13-8-9-15-16(10-13)25-11-24-15;1-2;/h5-10H,11H2,1-4H3,(H,22,23);2H;1H2. The zero-order valence-electron chi connectivity index (χ0n) is 16.2. The Balaban J connectivity index is 0.000000906. The van der Waals surface area contributed by atoms with E-state index >= 15 is 0 Å². The summed E-state index contributed by atoms with van der Waals surface area (Å²) in [5.74, 6) is 2.45. The summed E-state index contributed by atoms with van der Waals surface area (Å²) < 4.78 is 17.4. The van der Waals surface area contributed by atoms with Gasteiger partial charge in [-0.2, -0.15) is 0 Å². The number of ether oxygens (including phenoxy) is 2. The molecule has 0 saturated carbocycles. The van der Waals surface area contributed by atoms with Gasteiger partial charge in [0.05, 0.1) is 28.9 Å². The van der Waals surface area contributed by atoms with Gasteiger partial charge in [0.25, 0.3) is 0 Å². The number of nitrogens with zero attached hydrogens (tertiary/aromatic N) is 2. The molecular weight excluding hydrogens is 382 g/mol. The summed E-state index contributed by atoms with van der Waals surface area (Å²) in [4.78, 5) is 13.0. The van der Waals surface area contributed by atoms with Gasteiger partial charge in [0.1, 0.15) is 5.82 Å². The van der Waals surface area contributed by atoms with Gasteiger partial charge < -0.3 is 19.9 Å². The van der Waals surface area contributed by atoms with Gasteiger partial charge in [-0.3, -0.25) is 9.64 Å². The number of benzene rings is 1. The highest BCUT2D eigenvalue weighted by molar-refractivity contribution is 6.04. The molecule has 0 fully saturated rings. The molecule has 0 bridgehead atoms. The van der Waals surface area contributed by atoms with Crippen molar-refractivity contribution in [3.63, 3.8) is 0 Å². The van der Waals surface area contributed by atoms with E-state index in [-0.39, 0.29) is 17.7 Å². The third-order valence-corrected chi connectivity index (χ3v) is 4.20. The van der Waals surface area contributed by atoms with Gasteiger partial charge in [-0.15, -0.1) is 0 Å². The lowest BCUT2D eigenvalue weighted by Gasteiger charge is -2.14. The van der Waals surface area contributed by atoms with Crippen LogP contribution in [0.3, 0.4) is 0 Å². The van der Waals surface area contributed by atoms with Crippen LogP contribution in [0.25, 0.3) is 22.6 Å². The van der Waals surface area contributed by atoms with Crippen molar-refractivity contribution in [1.29, 1.82) is 0 Å². The second kappa shape index (κ2) is 8.60. The van der Waals surface area contributed by atoms with Crippen molar-refractivity contribution in [1.82, 2.24) is 15.0 Å². The van der Waals surface area contributed by atoms with Crippen LogP contribution in [-0.4, -0.2) is 31.9 Å². The maximum absolute atomic E-state index is 6.47. The Labute approximate surface area is 168 Å². The maximum Gasteiger partial charge on any atom is 0.231 e. The monoisotopic (exact) mass is 405 g/mol. The summed E-state index contributed by atoms with van der Waals surface area (Å²) in [6, 6.07) is 11.9. The fourth-order valence-corrected chi connectivity index (χ4v) is 2.85. The summed E-state index contributed by atoms with van der Waals surface area (Å²) in [6.45, 7) is 8.68. The number of fused-ring (bicyclic) bond motifs is 1. The number of aryl methyl sites for hydroxylation is 1. The molecule has 1 aliphatic heterocycles. The summed E-state index contributed by atoms with van der Waals surface area (Å²) in [5.41, 5.74) is 4.55. The largest absolute Gasteiger partial charge is 0.454 e. The number of rotatable bonds is 2. The Morgan fingerprint density at radius 2 is 1.75 bits per heavy atom. The molecule has 0 saturated heterocycles. The van der Waals surface area contributed by atoms with E-state index in [0.717, 1.165) is 45.7 Å². The molecular formula is C20H24ClN3O4. The van der Waals surface area contributed by atoms with Crippen molar-refractivity contribution in [3.8, 4) is 34.1 Å².